The second kappa shape index (κ2) is 6.29. The highest BCUT2D eigenvalue weighted by molar-refractivity contribution is 9.08. The van der Waals surface area contributed by atoms with Crippen molar-refractivity contribution < 1.29 is 0 Å². The molecule has 1 nitrogen and oxygen atoms in total. The Morgan fingerprint density at radius 2 is 2.11 bits per heavy atom. The number of rotatable bonds is 6. The van der Waals surface area contributed by atoms with Crippen LogP contribution in [0.4, 0.5) is 5.69 Å². The smallest absolute Gasteiger partial charge is 0.0426 e. The first-order valence-electron chi connectivity index (χ1n) is 6.73. The summed E-state index contributed by atoms with van der Waals surface area (Å²) in [6, 6.07) is 6.98. The van der Waals surface area contributed by atoms with E-state index in [0.717, 1.165) is 28.9 Å². The molecule has 0 atom stereocenters. The van der Waals surface area contributed by atoms with E-state index in [-0.39, 0.29) is 0 Å². The van der Waals surface area contributed by atoms with Crippen molar-refractivity contribution in [1.82, 2.24) is 0 Å². The van der Waals surface area contributed by atoms with Gasteiger partial charge in [-0.15, -0.1) is 0 Å². The Labute approximate surface area is 124 Å². The molecule has 0 amide bonds. The molecule has 0 bridgehead atoms. The molecule has 1 fully saturated rings. The average Bonchev–Trinajstić information content (AvgIpc) is 3.14. The first-order valence-corrected chi connectivity index (χ1v) is 8.22. The number of anilines is 1. The number of halogens is 2. The van der Waals surface area contributed by atoms with Crippen molar-refractivity contribution in [3.8, 4) is 0 Å². The first kappa shape index (κ1) is 14.2. The minimum Gasteiger partial charge on any atom is -0.368 e. The van der Waals surface area contributed by atoms with Crippen molar-refractivity contribution in [2.45, 2.75) is 44.5 Å². The summed E-state index contributed by atoms with van der Waals surface area (Å²) in [5.41, 5.74) is 2.66. The summed E-state index contributed by atoms with van der Waals surface area (Å²) >= 11 is 9.74. The Morgan fingerprint density at radius 3 is 2.67 bits per heavy atom. The van der Waals surface area contributed by atoms with Crippen LogP contribution < -0.4 is 4.90 Å². The lowest BCUT2D eigenvalue weighted by Gasteiger charge is -2.28. The molecule has 1 aromatic rings. The van der Waals surface area contributed by atoms with Crippen LogP contribution in [0.2, 0.25) is 5.02 Å². The van der Waals surface area contributed by atoms with Gasteiger partial charge >= 0.3 is 0 Å². The number of alkyl halides is 1. The van der Waals surface area contributed by atoms with Gasteiger partial charge in [0.1, 0.15) is 0 Å². The summed E-state index contributed by atoms with van der Waals surface area (Å²) < 4.78 is 0. The van der Waals surface area contributed by atoms with Gasteiger partial charge in [-0.2, -0.15) is 0 Å². The van der Waals surface area contributed by atoms with E-state index in [1.54, 1.807) is 0 Å². The van der Waals surface area contributed by atoms with Crippen molar-refractivity contribution in [3.63, 3.8) is 0 Å². The highest BCUT2D eigenvalue weighted by atomic mass is 79.9. The minimum absolute atomic E-state index is 0.736. The first-order chi connectivity index (χ1) is 8.61. The van der Waals surface area contributed by atoms with Gasteiger partial charge in [0.2, 0.25) is 0 Å². The van der Waals surface area contributed by atoms with E-state index in [2.05, 4.69) is 46.8 Å². The molecule has 1 aliphatic rings. The fraction of sp³-hybridized carbons (Fsp3) is 0.600. The molecular weight excluding hydrogens is 310 g/mol. The van der Waals surface area contributed by atoms with Gasteiger partial charge in [0.25, 0.3) is 0 Å². The fourth-order valence-electron chi connectivity index (χ4n) is 2.20. The highest BCUT2D eigenvalue weighted by Crippen LogP contribution is 2.36. The third-order valence-corrected chi connectivity index (χ3v) is 4.27. The molecule has 0 heterocycles. The van der Waals surface area contributed by atoms with Crippen molar-refractivity contribution in [3.05, 3.63) is 28.8 Å². The Bertz CT molecular complexity index is 401. The molecule has 0 N–H and O–H groups in total. The Kier molecular flexibility index (Phi) is 4.97. The zero-order valence-corrected chi connectivity index (χ0v) is 13.5. The summed E-state index contributed by atoms with van der Waals surface area (Å²) in [6.07, 6.45) is 3.89. The number of hydrogen-bond donors (Lipinski definition) is 0. The van der Waals surface area contributed by atoms with Crippen LogP contribution in [-0.4, -0.2) is 12.6 Å². The van der Waals surface area contributed by atoms with Gasteiger partial charge < -0.3 is 4.90 Å². The molecule has 0 radical (unpaired) electrons. The second-order valence-corrected chi connectivity index (χ2v) is 6.51. The summed E-state index contributed by atoms with van der Waals surface area (Å²) in [7, 11) is 0. The topological polar surface area (TPSA) is 3.24 Å². The van der Waals surface area contributed by atoms with E-state index in [4.69, 9.17) is 11.6 Å². The maximum atomic E-state index is 6.16. The number of benzene rings is 1. The van der Waals surface area contributed by atoms with Crippen molar-refractivity contribution >= 4 is 33.2 Å². The van der Waals surface area contributed by atoms with Crippen molar-refractivity contribution in [1.29, 1.82) is 0 Å². The highest BCUT2D eigenvalue weighted by Gasteiger charge is 2.30. The van der Waals surface area contributed by atoms with Crippen LogP contribution in [0.5, 0.6) is 0 Å². The Morgan fingerprint density at radius 1 is 1.39 bits per heavy atom. The summed E-state index contributed by atoms with van der Waals surface area (Å²) in [4.78, 5) is 2.56. The Hall–Kier alpha value is -0.210. The van der Waals surface area contributed by atoms with E-state index in [1.165, 1.54) is 30.5 Å². The molecular formula is C15H21BrClN. The van der Waals surface area contributed by atoms with Gasteiger partial charge in [-0.05, 0) is 42.9 Å². The van der Waals surface area contributed by atoms with E-state index in [1.807, 2.05) is 6.07 Å². The Balaban J connectivity index is 2.21. The van der Waals surface area contributed by atoms with E-state index in [9.17, 15) is 0 Å². The van der Waals surface area contributed by atoms with Crippen molar-refractivity contribution in [2.75, 3.05) is 11.4 Å². The quantitative estimate of drug-likeness (QED) is 0.644. The summed E-state index contributed by atoms with van der Waals surface area (Å²) in [5.74, 6) is 0.748. The molecule has 1 saturated carbocycles. The summed E-state index contributed by atoms with van der Waals surface area (Å²) in [6.45, 7) is 5.71. The van der Waals surface area contributed by atoms with Gasteiger partial charge in [0, 0.05) is 28.6 Å². The van der Waals surface area contributed by atoms with Crippen LogP contribution in [0.1, 0.15) is 38.7 Å². The molecule has 1 aromatic carbocycles. The predicted molar refractivity (Wildman–Crippen MR) is 83.9 cm³/mol. The fourth-order valence-corrected chi connectivity index (χ4v) is 2.84. The normalized spacial score (nSPS) is 15.2. The number of nitrogens with zero attached hydrogens (tertiary/aromatic N) is 1. The molecule has 0 aliphatic heterocycles. The molecule has 0 aromatic heterocycles. The largest absolute Gasteiger partial charge is 0.368 e. The van der Waals surface area contributed by atoms with Crippen LogP contribution in [-0.2, 0) is 5.33 Å². The lowest BCUT2D eigenvalue weighted by molar-refractivity contribution is 0.570. The van der Waals surface area contributed by atoms with Crippen molar-refractivity contribution in [2.24, 2.45) is 5.92 Å². The molecule has 18 heavy (non-hydrogen) atoms. The standard InChI is InChI=1S/C15H21BrClN/c1-11(2)7-8-18(14-5-6-14)15-9-13(17)4-3-12(15)10-16/h3-4,9,11,14H,5-8,10H2,1-2H3. The number of hydrogen-bond acceptors (Lipinski definition) is 1. The maximum absolute atomic E-state index is 6.16. The van der Waals surface area contributed by atoms with Gasteiger partial charge in [-0.1, -0.05) is 47.4 Å². The molecule has 0 spiro atoms. The van der Waals surface area contributed by atoms with Gasteiger partial charge in [0.15, 0.2) is 0 Å². The monoisotopic (exact) mass is 329 g/mol. The van der Waals surface area contributed by atoms with Crippen LogP contribution in [0, 0.1) is 5.92 Å². The van der Waals surface area contributed by atoms with Gasteiger partial charge in [-0.25, -0.2) is 0 Å². The molecule has 3 heteroatoms. The van der Waals surface area contributed by atoms with Gasteiger partial charge in [-0.3, -0.25) is 0 Å². The van der Waals surface area contributed by atoms with Crippen LogP contribution in [0.3, 0.4) is 0 Å². The third-order valence-electron chi connectivity index (χ3n) is 3.44. The average molecular weight is 331 g/mol. The third kappa shape index (κ3) is 3.64. The molecule has 1 aliphatic carbocycles. The molecule has 100 valence electrons. The van der Waals surface area contributed by atoms with E-state index < -0.39 is 0 Å². The molecule has 0 saturated heterocycles. The molecule has 0 unspecified atom stereocenters. The zero-order chi connectivity index (χ0) is 13.1. The predicted octanol–water partition coefficient (Wildman–Crippen LogP) is 5.25. The molecule has 2 rings (SSSR count). The van der Waals surface area contributed by atoms with E-state index in [0.29, 0.717) is 0 Å². The van der Waals surface area contributed by atoms with Crippen LogP contribution in [0.15, 0.2) is 18.2 Å². The van der Waals surface area contributed by atoms with Gasteiger partial charge in [0.05, 0.1) is 0 Å². The second-order valence-electron chi connectivity index (χ2n) is 5.51. The van der Waals surface area contributed by atoms with E-state index >= 15 is 0 Å². The summed E-state index contributed by atoms with van der Waals surface area (Å²) in [5, 5.41) is 1.73. The zero-order valence-electron chi connectivity index (χ0n) is 11.1. The minimum atomic E-state index is 0.736. The maximum Gasteiger partial charge on any atom is 0.0426 e. The SMILES string of the molecule is CC(C)CCN(c1cc(Cl)ccc1CBr)C1CC1. The lowest BCUT2D eigenvalue weighted by atomic mass is 10.1. The van der Waals surface area contributed by atoms with Crippen LogP contribution in [0.25, 0.3) is 0 Å². The van der Waals surface area contributed by atoms with Crippen LogP contribution >= 0.6 is 27.5 Å². The lowest BCUT2D eigenvalue weighted by Crippen LogP contribution is -2.28.